The third-order valence-electron chi connectivity index (χ3n) is 3.60. The van der Waals surface area contributed by atoms with Crippen molar-refractivity contribution in [1.82, 2.24) is 19.3 Å². The van der Waals surface area contributed by atoms with Crippen molar-refractivity contribution >= 4 is 22.8 Å². The Bertz CT molecular complexity index is 585. The molecule has 0 aliphatic heterocycles. The normalized spacial score (nSPS) is 15.5. The number of rotatable bonds is 6. The molecule has 0 unspecified atom stereocenters. The third kappa shape index (κ3) is 2.49. The summed E-state index contributed by atoms with van der Waals surface area (Å²) in [6.07, 6.45) is 2.65. The molecule has 2 aromatic rings. The number of nitrogens with zero attached hydrogens (tertiary/aromatic N) is 4. The van der Waals surface area contributed by atoms with Crippen LogP contribution >= 0.6 is 11.6 Å². The van der Waals surface area contributed by atoms with E-state index < -0.39 is 0 Å². The van der Waals surface area contributed by atoms with Crippen molar-refractivity contribution in [3.05, 3.63) is 11.5 Å². The summed E-state index contributed by atoms with van der Waals surface area (Å²) in [5.41, 5.74) is 2.92. The quantitative estimate of drug-likeness (QED) is 0.603. The molecule has 0 spiro atoms. The highest BCUT2D eigenvalue weighted by atomic mass is 35.5. The molecule has 0 N–H and O–H groups in total. The van der Waals surface area contributed by atoms with Gasteiger partial charge in [-0.25, -0.2) is 4.98 Å². The molecule has 0 saturated heterocycles. The summed E-state index contributed by atoms with van der Waals surface area (Å²) in [7, 11) is 1.94. The van der Waals surface area contributed by atoms with Gasteiger partial charge in [0.15, 0.2) is 5.65 Å². The van der Waals surface area contributed by atoms with Crippen LogP contribution in [0.2, 0.25) is 0 Å². The Balaban J connectivity index is 1.78. The minimum Gasteiger partial charge on any atom is -0.379 e. The molecule has 0 amide bonds. The summed E-state index contributed by atoms with van der Waals surface area (Å²) in [5.74, 6) is 2.11. The van der Waals surface area contributed by atoms with E-state index in [1.165, 1.54) is 12.8 Å². The van der Waals surface area contributed by atoms with Gasteiger partial charge in [0.2, 0.25) is 0 Å². The fraction of sp³-hybridized carbons (Fsp3) is 0.692. The van der Waals surface area contributed by atoms with Crippen LogP contribution in [0.25, 0.3) is 11.2 Å². The third-order valence-corrected chi connectivity index (χ3v) is 3.84. The van der Waals surface area contributed by atoms with Crippen LogP contribution in [-0.2, 0) is 24.2 Å². The number of fused-ring (bicyclic) bond motifs is 1. The van der Waals surface area contributed by atoms with Crippen molar-refractivity contribution in [2.24, 2.45) is 13.0 Å². The summed E-state index contributed by atoms with van der Waals surface area (Å²) in [6, 6.07) is 0. The first-order valence-electron chi connectivity index (χ1n) is 6.73. The summed E-state index contributed by atoms with van der Waals surface area (Å²) in [5, 5.41) is 4.40. The first-order valence-corrected chi connectivity index (χ1v) is 7.26. The second kappa shape index (κ2) is 5.13. The highest BCUT2D eigenvalue weighted by Gasteiger charge is 2.21. The number of aromatic nitrogens is 4. The number of aryl methyl sites for hydroxylation is 2. The van der Waals surface area contributed by atoms with E-state index in [0.29, 0.717) is 12.5 Å². The van der Waals surface area contributed by atoms with Crippen LogP contribution in [0.1, 0.15) is 24.4 Å². The van der Waals surface area contributed by atoms with E-state index in [2.05, 4.69) is 14.6 Å². The predicted octanol–water partition coefficient (Wildman–Crippen LogP) is 2.24. The lowest BCUT2D eigenvalue weighted by Gasteiger charge is -2.08. The average molecular weight is 283 g/mol. The average Bonchev–Trinajstić information content (AvgIpc) is 3.07. The molecular weight excluding hydrogens is 264 g/mol. The molecule has 0 bridgehead atoms. The highest BCUT2D eigenvalue weighted by Crippen LogP contribution is 2.28. The van der Waals surface area contributed by atoms with Gasteiger partial charge in [0.1, 0.15) is 11.3 Å². The Morgan fingerprint density at radius 2 is 2.21 bits per heavy atom. The summed E-state index contributed by atoms with van der Waals surface area (Å²) in [6.45, 7) is 4.35. The molecule has 104 valence electrons. The van der Waals surface area contributed by atoms with Gasteiger partial charge in [0, 0.05) is 20.2 Å². The minimum atomic E-state index is 0.413. The van der Waals surface area contributed by atoms with Crippen LogP contribution in [0.15, 0.2) is 0 Å². The highest BCUT2D eigenvalue weighted by molar-refractivity contribution is 6.16. The molecule has 1 saturated carbocycles. The van der Waals surface area contributed by atoms with Crippen LogP contribution in [-0.4, -0.2) is 32.5 Å². The van der Waals surface area contributed by atoms with Crippen molar-refractivity contribution in [2.45, 2.75) is 32.2 Å². The van der Waals surface area contributed by atoms with Gasteiger partial charge in [-0.15, -0.1) is 11.6 Å². The van der Waals surface area contributed by atoms with Gasteiger partial charge in [-0.1, -0.05) is 0 Å². The Labute approximate surface area is 117 Å². The Morgan fingerprint density at radius 1 is 1.42 bits per heavy atom. The monoisotopic (exact) mass is 282 g/mol. The van der Waals surface area contributed by atoms with Gasteiger partial charge in [0.05, 0.1) is 18.2 Å². The van der Waals surface area contributed by atoms with Crippen molar-refractivity contribution < 1.29 is 4.74 Å². The Hall–Kier alpha value is -1.07. The first kappa shape index (κ1) is 12.9. The van der Waals surface area contributed by atoms with Crippen molar-refractivity contribution in [3.8, 4) is 0 Å². The fourth-order valence-electron chi connectivity index (χ4n) is 2.41. The summed E-state index contributed by atoms with van der Waals surface area (Å²) in [4.78, 5) is 4.57. The molecule has 2 aromatic heterocycles. The molecule has 1 fully saturated rings. The van der Waals surface area contributed by atoms with Crippen LogP contribution < -0.4 is 0 Å². The van der Waals surface area contributed by atoms with Crippen molar-refractivity contribution in [1.29, 1.82) is 0 Å². The van der Waals surface area contributed by atoms with Crippen LogP contribution in [0.3, 0.4) is 0 Å². The van der Waals surface area contributed by atoms with Gasteiger partial charge >= 0.3 is 0 Å². The Kier molecular flexibility index (Phi) is 3.50. The molecule has 3 rings (SSSR count). The number of ether oxygens (including phenoxy) is 1. The van der Waals surface area contributed by atoms with E-state index in [9.17, 15) is 0 Å². The maximum absolute atomic E-state index is 5.98. The number of halogens is 1. The lowest BCUT2D eigenvalue weighted by atomic mass is 10.4. The van der Waals surface area contributed by atoms with Gasteiger partial charge in [-0.2, -0.15) is 5.10 Å². The maximum Gasteiger partial charge on any atom is 0.158 e. The van der Waals surface area contributed by atoms with Gasteiger partial charge in [0.25, 0.3) is 0 Å². The lowest BCUT2D eigenvalue weighted by Crippen LogP contribution is -2.12. The first-order chi connectivity index (χ1) is 9.20. The number of imidazole rings is 1. The minimum absolute atomic E-state index is 0.413. The summed E-state index contributed by atoms with van der Waals surface area (Å²) < 4.78 is 9.69. The Morgan fingerprint density at radius 3 is 2.89 bits per heavy atom. The topological polar surface area (TPSA) is 44.9 Å². The molecule has 1 aliphatic carbocycles. The van der Waals surface area contributed by atoms with Crippen molar-refractivity contribution in [3.63, 3.8) is 0 Å². The van der Waals surface area contributed by atoms with E-state index in [4.69, 9.17) is 16.3 Å². The molecule has 1 aliphatic rings. The van der Waals surface area contributed by atoms with Gasteiger partial charge in [-0.05, 0) is 25.7 Å². The lowest BCUT2D eigenvalue weighted by molar-refractivity contribution is 0.117. The van der Waals surface area contributed by atoms with Gasteiger partial charge < -0.3 is 9.30 Å². The molecular formula is C13H19ClN4O. The van der Waals surface area contributed by atoms with E-state index >= 15 is 0 Å². The van der Waals surface area contributed by atoms with Crippen LogP contribution in [0.5, 0.6) is 0 Å². The number of hydrogen-bond donors (Lipinski definition) is 0. The van der Waals surface area contributed by atoms with E-state index in [-0.39, 0.29) is 0 Å². The fourth-order valence-corrected chi connectivity index (χ4v) is 2.61. The maximum atomic E-state index is 5.98. The SMILES string of the molecule is Cc1nn(C)c2c1nc(CCl)n2CCOCC1CC1. The second-order valence-electron chi connectivity index (χ2n) is 5.21. The zero-order valence-electron chi connectivity index (χ0n) is 11.4. The molecule has 6 heteroatoms. The van der Waals surface area contributed by atoms with Crippen molar-refractivity contribution in [2.75, 3.05) is 13.2 Å². The predicted molar refractivity (Wildman–Crippen MR) is 74.3 cm³/mol. The number of alkyl halides is 1. The smallest absolute Gasteiger partial charge is 0.158 e. The van der Waals surface area contributed by atoms with E-state index in [1.54, 1.807) is 0 Å². The second-order valence-corrected chi connectivity index (χ2v) is 5.48. The van der Waals surface area contributed by atoms with E-state index in [0.717, 1.165) is 41.8 Å². The molecule has 19 heavy (non-hydrogen) atoms. The number of hydrogen-bond acceptors (Lipinski definition) is 3. The molecule has 2 heterocycles. The van der Waals surface area contributed by atoms with Crippen LogP contribution in [0, 0.1) is 12.8 Å². The molecule has 0 atom stereocenters. The zero-order chi connectivity index (χ0) is 13.4. The van der Waals surface area contributed by atoms with Crippen LogP contribution in [0.4, 0.5) is 0 Å². The molecule has 0 aromatic carbocycles. The molecule has 0 radical (unpaired) electrons. The van der Waals surface area contributed by atoms with E-state index in [1.807, 2.05) is 18.7 Å². The van der Waals surface area contributed by atoms with Gasteiger partial charge in [-0.3, -0.25) is 4.68 Å². The standard InChI is InChI=1S/C13H19ClN4O/c1-9-12-13(17(2)16-9)18(11(7-14)15-12)5-6-19-8-10-3-4-10/h10H,3-8H2,1-2H3. The zero-order valence-corrected chi connectivity index (χ0v) is 12.2. The summed E-state index contributed by atoms with van der Waals surface area (Å²) >= 11 is 5.98. The largest absolute Gasteiger partial charge is 0.379 e. The molecule has 5 nitrogen and oxygen atoms in total.